The summed E-state index contributed by atoms with van der Waals surface area (Å²) in [4.78, 5) is 41.2. The highest BCUT2D eigenvalue weighted by molar-refractivity contribution is 5.97. The van der Waals surface area contributed by atoms with Crippen LogP contribution in [-0.2, 0) is 0 Å². The number of amides is 1. The van der Waals surface area contributed by atoms with E-state index in [0.29, 0.717) is 43.1 Å². The number of anilines is 3. The first-order valence-electron chi connectivity index (χ1n) is 10.2. The van der Waals surface area contributed by atoms with Gasteiger partial charge in [0, 0.05) is 49.6 Å². The molecule has 2 aromatic heterocycles. The van der Waals surface area contributed by atoms with E-state index in [4.69, 9.17) is 0 Å². The van der Waals surface area contributed by atoms with E-state index in [1.54, 1.807) is 30.5 Å². The number of piperazine rings is 1. The first-order chi connectivity index (χ1) is 15.0. The number of carbonyl (C=O) groups is 2. The van der Waals surface area contributed by atoms with Crippen molar-refractivity contribution in [2.24, 2.45) is 0 Å². The summed E-state index contributed by atoms with van der Waals surface area (Å²) < 4.78 is 0. The number of hydrogen-bond acceptors (Lipinski definition) is 7. The fourth-order valence-corrected chi connectivity index (χ4v) is 3.49. The molecule has 1 fully saturated rings. The third-order valence-corrected chi connectivity index (χ3v) is 5.25. The van der Waals surface area contributed by atoms with Gasteiger partial charge >= 0.3 is 0 Å². The van der Waals surface area contributed by atoms with Crippen LogP contribution >= 0.6 is 0 Å². The first kappa shape index (κ1) is 20.5. The molecule has 0 atom stereocenters. The molecule has 1 aliphatic heterocycles. The highest BCUT2D eigenvalue weighted by Gasteiger charge is 2.23. The lowest BCUT2D eigenvalue weighted by Crippen LogP contribution is -2.49. The maximum atomic E-state index is 12.8. The Balaban J connectivity index is 1.38. The molecule has 1 N–H and O–H groups in total. The molecule has 1 aromatic carbocycles. The predicted octanol–water partition coefficient (Wildman–Crippen LogP) is 3.09. The summed E-state index contributed by atoms with van der Waals surface area (Å²) in [6.45, 7) is 6.07. The van der Waals surface area contributed by atoms with Gasteiger partial charge in [-0.1, -0.05) is 12.1 Å². The van der Waals surface area contributed by atoms with E-state index in [2.05, 4.69) is 25.2 Å². The molecule has 0 spiro atoms. The number of nitrogens with zero attached hydrogens (tertiary/aromatic N) is 5. The number of carbonyl (C=O) groups excluding carboxylic acids is 2. The zero-order valence-corrected chi connectivity index (χ0v) is 17.6. The van der Waals surface area contributed by atoms with Crippen molar-refractivity contribution in [2.75, 3.05) is 36.4 Å². The number of Topliss-reactive ketones (excluding diaryl/α,β-unsaturated/α-hetero) is 1. The van der Waals surface area contributed by atoms with Crippen LogP contribution in [0.5, 0.6) is 0 Å². The largest absolute Gasteiger partial charge is 0.353 e. The van der Waals surface area contributed by atoms with Crippen LogP contribution in [0.2, 0.25) is 0 Å². The summed E-state index contributed by atoms with van der Waals surface area (Å²) in [6, 6.07) is 12.6. The van der Waals surface area contributed by atoms with Gasteiger partial charge in [-0.15, -0.1) is 0 Å². The number of nitrogens with one attached hydrogen (secondary N) is 1. The first-order valence-corrected chi connectivity index (χ1v) is 10.2. The van der Waals surface area contributed by atoms with Crippen LogP contribution in [0.25, 0.3) is 0 Å². The molecule has 0 aliphatic carbocycles. The Morgan fingerprint density at radius 3 is 2.23 bits per heavy atom. The van der Waals surface area contributed by atoms with Crippen molar-refractivity contribution >= 4 is 29.1 Å². The molecule has 8 heteroatoms. The van der Waals surface area contributed by atoms with Crippen molar-refractivity contribution < 1.29 is 9.59 Å². The van der Waals surface area contributed by atoms with Crippen molar-refractivity contribution in [3.63, 3.8) is 0 Å². The van der Waals surface area contributed by atoms with Crippen LogP contribution in [0.1, 0.15) is 33.2 Å². The number of ketones is 1. The summed E-state index contributed by atoms with van der Waals surface area (Å²) in [5.41, 5.74) is 2.32. The molecule has 158 valence electrons. The Bertz CT molecular complexity index is 1090. The lowest BCUT2D eigenvalue weighted by molar-refractivity contribution is 0.0746. The molecule has 1 aliphatic rings. The lowest BCUT2D eigenvalue weighted by atomic mass is 10.1. The van der Waals surface area contributed by atoms with Crippen LogP contribution < -0.4 is 10.2 Å². The van der Waals surface area contributed by atoms with E-state index in [0.717, 1.165) is 17.2 Å². The number of pyridine rings is 1. The van der Waals surface area contributed by atoms with Gasteiger partial charge in [0.1, 0.15) is 23.8 Å². The normalized spacial score (nSPS) is 13.7. The Morgan fingerprint density at radius 2 is 1.55 bits per heavy atom. The van der Waals surface area contributed by atoms with Crippen molar-refractivity contribution in [1.29, 1.82) is 0 Å². The minimum atomic E-state index is -0.0229. The molecule has 8 nitrogen and oxygen atoms in total. The highest BCUT2D eigenvalue weighted by Crippen LogP contribution is 2.20. The molecule has 0 unspecified atom stereocenters. The maximum absolute atomic E-state index is 12.8. The van der Waals surface area contributed by atoms with E-state index in [1.165, 1.54) is 13.3 Å². The summed E-state index contributed by atoms with van der Waals surface area (Å²) in [5, 5.41) is 3.21. The zero-order chi connectivity index (χ0) is 21.8. The second-order valence-corrected chi connectivity index (χ2v) is 7.52. The van der Waals surface area contributed by atoms with Gasteiger partial charge < -0.3 is 15.1 Å². The Labute approximate surface area is 181 Å². The van der Waals surface area contributed by atoms with E-state index in [9.17, 15) is 9.59 Å². The van der Waals surface area contributed by atoms with Crippen molar-refractivity contribution in [3.05, 3.63) is 71.7 Å². The molecule has 0 radical (unpaired) electrons. The molecule has 0 bridgehead atoms. The second kappa shape index (κ2) is 8.91. The van der Waals surface area contributed by atoms with Crippen LogP contribution in [0, 0.1) is 6.92 Å². The van der Waals surface area contributed by atoms with Gasteiger partial charge in [0.05, 0.1) is 0 Å². The van der Waals surface area contributed by atoms with Crippen LogP contribution in [0.15, 0.2) is 55.0 Å². The molecular formula is C23H24N6O2. The van der Waals surface area contributed by atoms with Crippen LogP contribution in [0.3, 0.4) is 0 Å². The molecular weight excluding hydrogens is 392 g/mol. The maximum Gasteiger partial charge on any atom is 0.253 e. The van der Waals surface area contributed by atoms with Crippen molar-refractivity contribution in [2.45, 2.75) is 13.8 Å². The summed E-state index contributed by atoms with van der Waals surface area (Å²) in [7, 11) is 0. The molecule has 0 saturated carbocycles. The van der Waals surface area contributed by atoms with Gasteiger partial charge in [-0.05, 0) is 43.7 Å². The topological polar surface area (TPSA) is 91.3 Å². The molecule has 1 saturated heterocycles. The monoisotopic (exact) mass is 416 g/mol. The number of aromatic nitrogens is 3. The van der Waals surface area contributed by atoms with Gasteiger partial charge in [0.25, 0.3) is 5.91 Å². The van der Waals surface area contributed by atoms with Crippen molar-refractivity contribution in [1.82, 2.24) is 19.9 Å². The number of rotatable bonds is 5. The smallest absolute Gasteiger partial charge is 0.253 e. The van der Waals surface area contributed by atoms with Crippen molar-refractivity contribution in [3.8, 4) is 0 Å². The van der Waals surface area contributed by atoms with Crippen LogP contribution in [-0.4, -0.2) is 57.7 Å². The SMILES string of the molecule is CC(=O)c1ccc(C(=O)N2CCN(c3cc(Nc4cc(C)ccn4)ncn3)CC2)cc1. The number of benzene rings is 1. The molecule has 1 amide bonds. The minimum Gasteiger partial charge on any atom is -0.353 e. The fourth-order valence-electron chi connectivity index (χ4n) is 3.49. The lowest BCUT2D eigenvalue weighted by Gasteiger charge is -2.35. The third kappa shape index (κ3) is 4.85. The third-order valence-electron chi connectivity index (χ3n) is 5.25. The van der Waals surface area contributed by atoms with Crippen LogP contribution in [0.4, 0.5) is 17.5 Å². The molecule has 4 rings (SSSR count). The van der Waals surface area contributed by atoms with Gasteiger partial charge in [0.15, 0.2) is 5.78 Å². The zero-order valence-electron chi connectivity index (χ0n) is 17.6. The van der Waals surface area contributed by atoms with Gasteiger partial charge in [-0.25, -0.2) is 15.0 Å². The predicted molar refractivity (Wildman–Crippen MR) is 119 cm³/mol. The van der Waals surface area contributed by atoms with E-state index in [1.807, 2.05) is 30.0 Å². The molecule has 31 heavy (non-hydrogen) atoms. The van der Waals surface area contributed by atoms with E-state index >= 15 is 0 Å². The number of aryl methyl sites for hydroxylation is 1. The standard InChI is InChI=1S/C23H24N6O2/c1-16-7-8-24-20(13-16)27-21-14-22(26-15-25-21)28-9-11-29(12-10-28)23(31)19-5-3-18(4-6-19)17(2)30/h3-8,13-15H,9-12H2,1-2H3,(H,24,25,26,27). The van der Waals surface area contributed by atoms with E-state index in [-0.39, 0.29) is 11.7 Å². The van der Waals surface area contributed by atoms with Gasteiger partial charge in [-0.3, -0.25) is 9.59 Å². The average Bonchev–Trinajstić information content (AvgIpc) is 2.79. The highest BCUT2D eigenvalue weighted by atomic mass is 16.2. The minimum absolute atomic E-state index is 0.00972. The Morgan fingerprint density at radius 1 is 0.871 bits per heavy atom. The summed E-state index contributed by atoms with van der Waals surface area (Å²) >= 11 is 0. The number of hydrogen-bond donors (Lipinski definition) is 1. The molecule has 3 heterocycles. The Kier molecular flexibility index (Phi) is 5.88. The van der Waals surface area contributed by atoms with Gasteiger partial charge in [0.2, 0.25) is 0 Å². The molecule has 3 aromatic rings. The van der Waals surface area contributed by atoms with E-state index < -0.39 is 0 Å². The summed E-state index contributed by atoms with van der Waals surface area (Å²) in [5.74, 6) is 2.18. The second-order valence-electron chi connectivity index (χ2n) is 7.52. The Hall–Kier alpha value is -3.81. The van der Waals surface area contributed by atoms with Gasteiger partial charge in [-0.2, -0.15) is 0 Å². The summed E-state index contributed by atoms with van der Waals surface area (Å²) in [6.07, 6.45) is 3.28. The quantitative estimate of drug-likeness (QED) is 0.639. The average molecular weight is 416 g/mol. The fraction of sp³-hybridized carbons (Fsp3) is 0.261.